The van der Waals surface area contributed by atoms with Crippen LogP contribution in [0.3, 0.4) is 0 Å². The average molecular weight is 161 g/mol. The van der Waals surface area contributed by atoms with Crippen molar-refractivity contribution in [1.29, 1.82) is 0 Å². The van der Waals surface area contributed by atoms with Gasteiger partial charge < -0.3 is 4.74 Å². The summed E-state index contributed by atoms with van der Waals surface area (Å²) in [6.45, 7) is 0.123. The first kappa shape index (κ1) is 8.28. The number of hydrogen-bond donors (Lipinski definition) is 0. The first-order valence-electron chi connectivity index (χ1n) is 3.35. The fourth-order valence-electron chi connectivity index (χ4n) is 0.724. The summed E-state index contributed by atoms with van der Waals surface area (Å²) >= 11 is 0. The van der Waals surface area contributed by atoms with Crippen molar-refractivity contribution in [2.45, 2.75) is 0 Å². The highest BCUT2D eigenvalue weighted by atomic mass is 16.5. The number of pyridine rings is 1. The van der Waals surface area contributed by atoms with Crippen LogP contribution < -0.4 is 4.74 Å². The third-order valence-corrected chi connectivity index (χ3v) is 1.22. The molecule has 0 aliphatic carbocycles. The summed E-state index contributed by atoms with van der Waals surface area (Å²) in [5.74, 6) is 2.57. The summed E-state index contributed by atoms with van der Waals surface area (Å²) in [5, 5.41) is 0. The minimum atomic E-state index is 0.123. The molecule has 0 unspecified atom stereocenters. The summed E-state index contributed by atoms with van der Waals surface area (Å²) in [7, 11) is 0. The number of aromatic nitrogens is 1. The van der Waals surface area contributed by atoms with Gasteiger partial charge in [0.25, 0.3) is 0 Å². The molecule has 1 aromatic heterocycles. The van der Waals surface area contributed by atoms with E-state index in [1.807, 2.05) is 0 Å². The largest absolute Gasteiger partial charge is 0.464 e. The second-order valence-corrected chi connectivity index (χ2v) is 2.01. The van der Waals surface area contributed by atoms with E-state index in [1.54, 1.807) is 18.3 Å². The van der Waals surface area contributed by atoms with Crippen molar-refractivity contribution in [3.63, 3.8) is 0 Å². The summed E-state index contributed by atoms with van der Waals surface area (Å²) < 4.78 is 5.00. The van der Waals surface area contributed by atoms with E-state index >= 15 is 0 Å². The summed E-state index contributed by atoms with van der Waals surface area (Å²) in [6, 6.07) is 3.28. The lowest BCUT2D eigenvalue weighted by molar-refractivity contribution is 0.111. The number of hydrogen-bond acceptors (Lipinski definition) is 3. The number of terminal acetylenes is 1. The molecule has 1 heterocycles. The second kappa shape index (κ2) is 4.14. The Morgan fingerprint density at radius 2 is 2.58 bits per heavy atom. The van der Waals surface area contributed by atoms with Crippen molar-refractivity contribution >= 4 is 6.29 Å². The molecule has 0 saturated heterocycles. The van der Waals surface area contributed by atoms with Gasteiger partial charge in [-0.05, 0) is 12.1 Å². The van der Waals surface area contributed by atoms with Crippen molar-refractivity contribution in [2.75, 3.05) is 6.61 Å². The molecule has 0 aliphatic heterocycles. The van der Waals surface area contributed by atoms with Crippen LogP contribution in [0, 0.1) is 12.3 Å². The highest BCUT2D eigenvalue weighted by Gasteiger charge is 2.00. The molecule has 0 radical (unpaired) electrons. The minimum Gasteiger partial charge on any atom is -0.464 e. The molecule has 0 bridgehead atoms. The molecule has 1 aromatic rings. The van der Waals surface area contributed by atoms with Crippen LogP contribution in [0.15, 0.2) is 18.3 Å². The standard InChI is InChI=1S/C9H7NO2/c1-2-6-12-9-8(7-11)4-3-5-10-9/h1,3-5,7H,6H2. The molecule has 0 aromatic carbocycles. The topological polar surface area (TPSA) is 39.2 Å². The molecule has 0 spiro atoms. The summed E-state index contributed by atoms with van der Waals surface area (Å²) in [5.41, 5.74) is 0.410. The van der Waals surface area contributed by atoms with E-state index in [2.05, 4.69) is 10.9 Å². The normalized spacial score (nSPS) is 8.58. The van der Waals surface area contributed by atoms with Gasteiger partial charge in [-0.2, -0.15) is 0 Å². The van der Waals surface area contributed by atoms with Crippen LogP contribution in [0.4, 0.5) is 0 Å². The maximum atomic E-state index is 10.4. The molecule has 60 valence electrons. The molecule has 0 atom stereocenters. The molecule has 0 aliphatic rings. The third kappa shape index (κ3) is 1.83. The van der Waals surface area contributed by atoms with Gasteiger partial charge in [-0.1, -0.05) is 5.92 Å². The Morgan fingerprint density at radius 3 is 3.25 bits per heavy atom. The Labute approximate surface area is 70.4 Å². The lowest BCUT2D eigenvalue weighted by Gasteiger charge is -2.01. The van der Waals surface area contributed by atoms with E-state index in [1.165, 1.54) is 0 Å². The predicted molar refractivity (Wildman–Crippen MR) is 44.0 cm³/mol. The van der Waals surface area contributed by atoms with E-state index in [-0.39, 0.29) is 12.5 Å². The zero-order chi connectivity index (χ0) is 8.81. The van der Waals surface area contributed by atoms with E-state index in [0.29, 0.717) is 11.8 Å². The lowest BCUT2D eigenvalue weighted by Crippen LogP contribution is -1.99. The molecule has 1 rings (SSSR count). The van der Waals surface area contributed by atoms with Crippen molar-refractivity contribution < 1.29 is 9.53 Å². The number of carbonyl (C=O) groups is 1. The maximum Gasteiger partial charge on any atom is 0.225 e. The first-order valence-corrected chi connectivity index (χ1v) is 3.35. The molecule has 0 fully saturated rings. The average Bonchev–Trinajstić information content (AvgIpc) is 2.15. The van der Waals surface area contributed by atoms with E-state index in [4.69, 9.17) is 11.2 Å². The van der Waals surface area contributed by atoms with Gasteiger partial charge in [-0.15, -0.1) is 6.42 Å². The zero-order valence-corrected chi connectivity index (χ0v) is 6.36. The quantitative estimate of drug-likeness (QED) is 0.488. The Bertz CT molecular complexity index is 315. The highest BCUT2D eigenvalue weighted by molar-refractivity contribution is 5.77. The van der Waals surface area contributed by atoms with Crippen LogP contribution >= 0.6 is 0 Å². The second-order valence-electron chi connectivity index (χ2n) is 2.01. The Balaban J connectivity index is 2.83. The van der Waals surface area contributed by atoms with Gasteiger partial charge in [-0.25, -0.2) is 4.98 Å². The van der Waals surface area contributed by atoms with Gasteiger partial charge in [0.1, 0.15) is 0 Å². The number of carbonyl (C=O) groups excluding carboxylic acids is 1. The minimum absolute atomic E-state index is 0.123. The van der Waals surface area contributed by atoms with Gasteiger partial charge in [0.2, 0.25) is 5.88 Å². The van der Waals surface area contributed by atoms with Crippen molar-refractivity contribution in [1.82, 2.24) is 4.98 Å². The van der Waals surface area contributed by atoms with Crippen molar-refractivity contribution in [3.05, 3.63) is 23.9 Å². The van der Waals surface area contributed by atoms with E-state index in [0.717, 1.165) is 0 Å². The lowest BCUT2D eigenvalue weighted by atomic mass is 10.3. The molecule has 0 amide bonds. The number of rotatable bonds is 3. The van der Waals surface area contributed by atoms with E-state index < -0.39 is 0 Å². The Kier molecular flexibility index (Phi) is 2.86. The summed E-state index contributed by atoms with van der Waals surface area (Å²) in [6.07, 6.45) is 7.20. The van der Waals surface area contributed by atoms with Gasteiger partial charge >= 0.3 is 0 Å². The molecule has 0 saturated carbocycles. The molecule has 0 N–H and O–H groups in total. The van der Waals surface area contributed by atoms with Gasteiger partial charge in [0.05, 0.1) is 5.56 Å². The summed E-state index contributed by atoms with van der Waals surface area (Å²) in [4.78, 5) is 14.3. The number of ether oxygens (including phenoxy) is 1. The fourth-order valence-corrected chi connectivity index (χ4v) is 0.724. The highest BCUT2D eigenvalue weighted by Crippen LogP contribution is 2.10. The van der Waals surface area contributed by atoms with Gasteiger partial charge in [0.15, 0.2) is 12.9 Å². The Morgan fingerprint density at radius 1 is 1.75 bits per heavy atom. The van der Waals surface area contributed by atoms with Crippen LogP contribution in [0.25, 0.3) is 0 Å². The van der Waals surface area contributed by atoms with Crippen LogP contribution in [0.1, 0.15) is 10.4 Å². The molecule has 3 heteroatoms. The number of aldehydes is 1. The van der Waals surface area contributed by atoms with Crippen molar-refractivity contribution in [3.8, 4) is 18.2 Å². The molecule has 12 heavy (non-hydrogen) atoms. The Hall–Kier alpha value is -1.82. The van der Waals surface area contributed by atoms with Crippen LogP contribution in [-0.2, 0) is 0 Å². The number of nitrogens with zero attached hydrogens (tertiary/aromatic N) is 1. The molecular formula is C9H7NO2. The van der Waals surface area contributed by atoms with Crippen molar-refractivity contribution in [2.24, 2.45) is 0 Å². The SMILES string of the molecule is C#CCOc1ncccc1C=O. The third-order valence-electron chi connectivity index (χ3n) is 1.22. The zero-order valence-electron chi connectivity index (χ0n) is 6.36. The van der Waals surface area contributed by atoms with Crippen LogP contribution in [-0.4, -0.2) is 17.9 Å². The monoisotopic (exact) mass is 161 g/mol. The fraction of sp³-hybridized carbons (Fsp3) is 0.111. The van der Waals surface area contributed by atoms with Crippen LogP contribution in [0.2, 0.25) is 0 Å². The first-order chi connectivity index (χ1) is 5.88. The predicted octanol–water partition coefficient (Wildman–Crippen LogP) is 0.906. The molecule has 3 nitrogen and oxygen atoms in total. The van der Waals surface area contributed by atoms with Crippen LogP contribution in [0.5, 0.6) is 5.88 Å². The smallest absolute Gasteiger partial charge is 0.225 e. The molecular weight excluding hydrogens is 154 g/mol. The van der Waals surface area contributed by atoms with Gasteiger partial charge in [-0.3, -0.25) is 4.79 Å². The van der Waals surface area contributed by atoms with E-state index in [9.17, 15) is 4.79 Å². The van der Waals surface area contributed by atoms with Gasteiger partial charge in [0, 0.05) is 6.20 Å². The maximum absolute atomic E-state index is 10.4.